The van der Waals surface area contributed by atoms with Crippen LogP contribution in [0.2, 0.25) is 5.02 Å². The van der Waals surface area contributed by atoms with Gasteiger partial charge in [0.25, 0.3) is 5.91 Å². The van der Waals surface area contributed by atoms with Crippen LogP contribution in [0.5, 0.6) is 0 Å². The number of hydrogen-bond acceptors (Lipinski definition) is 6. The van der Waals surface area contributed by atoms with Crippen LogP contribution in [0.25, 0.3) is 0 Å². The van der Waals surface area contributed by atoms with Gasteiger partial charge in [0.2, 0.25) is 0 Å². The van der Waals surface area contributed by atoms with E-state index in [2.05, 4.69) is 10.1 Å². The molecule has 0 spiro atoms. The number of halogens is 5. The average molecular weight is 484 g/mol. The first-order valence-corrected chi connectivity index (χ1v) is 10.1. The van der Waals surface area contributed by atoms with E-state index in [1.807, 2.05) is 6.07 Å². The van der Waals surface area contributed by atoms with Crippen molar-refractivity contribution in [3.05, 3.63) is 58.5 Å². The summed E-state index contributed by atoms with van der Waals surface area (Å²) in [4.78, 5) is 24.4. The number of piperazine rings is 1. The van der Waals surface area contributed by atoms with Crippen LogP contribution in [0, 0.1) is 17.1 Å². The molecule has 12 heteroatoms. The van der Waals surface area contributed by atoms with Gasteiger partial charge in [-0.1, -0.05) is 28.9 Å². The van der Waals surface area contributed by atoms with Gasteiger partial charge in [-0.25, -0.2) is 9.37 Å². The van der Waals surface area contributed by atoms with Gasteiger partial charge >= 0.3 is 6.18 Å². The summed E-state index contributed by atoms with van der Waals surface area (Å²) in [6.45, 7) is 0.891. The molecule has 0 saturated carbocycles. The number of amides is 1. The van der Waals surface area contributed by atoms with E-state index in [9.17, 15) is 27.6 Å². The van der Waals surface area contributed by atoms with Gasteiger partial charge in [0, 0.05) is 32.4 Å². The van der Waals surface area contributed by atoms with Gasteiger partial charge in [0.05, 0.1) is 22.9 Å². The molecule has 0 aliphatic carbocycles. The molecule has 33 heavy (non-hydrogen) atoms. The van der Waals surface area contributed by atoms with Crippen LogP contribution >= 0.6 is 11.6 Å². The fourth-order valence-corrected chi connectivity index (χ4v) is 3.42. The molecular weight excluding hydrogens is 466 g/mol. The molecule has 1 amide bonds. The highest BCUT2D eigenvalue weighted by molar-refractivity contribution is 6.33. The predicted octanol–water partition coefficient (Wildman–Crippen LogP) is 3.85. The smallest absolute Gasteiger partial charge is 0.386 e. The maximum absolute atomic E-state index is 13.0. The number of pyridine rings is 1. The number of nitriles is 1. The molecule has 2 aromatic rings. The predicted molar refractivity (Wildman–Crippen MR) is 112 cm³/mol. The van der Waals surface area contributed by atoms with Crippen molar-refractivity contribution in [2.45, 2.75) is 12.1 Å². The molecule has 7 nitrogen and oxygen atoms in total. The van der Waals surface area contributed by atoms with Gasteiger partial charge in [-0.15, -0.1) is 0 Å². The number of carbonyl (C=O) groups is 1. The molecule has 0 radical (unpaired) electrons. The van der Waals surface area contributed by atoms with Crippen LogP contribution < -0.4 is 4.90 Å². The minimum Gasteiger partial charge on any atom is -0.386 e. The lowest BCUT2D eigenvalue weighted by Gasteiger charge is -2.35. The van der Waals surface area contributed by atoms with Crippen LogP contribution in [0.15, 0.2) is 41.7 Å². The number of benzene rings is 1. The average Bonchev–Trinajstić information content (AvgIpc) is 2.79. The van der Waals surface area contributed by atoms with E-state index in [1.165, 1.54) is 35.4 Å². The summed E-state index contributed by atoms with van der Waals surface area (Å²) in [5, 5.41) is 12.8. The fourth-order valence-electron chi connectivity index (χ4n) is 3.14. The van der Waals surface area contributed by atoms with E-state index in [4.69, 9.17) is 16.4 Å². The van der Waals surface area contributed by atoms with Crippen molar-refractivity contribution in [1.29, 1.82) is 5.26 Å². The molecule has 1 aromatic heterocycles. The molecule has 1 aliphatic heterocycles. The van der Waals surface area contributed by atoms with E-state index >= 15 is 0 Å². The summed E-state index contributed by atoms with van der Waals surface area (Å²) < 4.78 is 51.3. The van der Waals surface area contributed by atoms with E-state index in [-0.39, 0.29) is 23.4 Å². The Bertz CT molecular complexity index is 1050. The molecule has 1 fully saturated rings. The highest BCUT2D eigenvalue weighted by atomic mass is 35.5. The Labute approximate surface area is 191 Å². The Balaban J connectivity index is 1.48. The summed E-state index contributed by atoms with van der Waals surface area (Å²) in [5.41, 5.74) is -0.398. The van der Waals surface area contributed by atoms with Gasteiger partial charge in [-0.05, 0) is 23.8 Å². The Morgan fingerprint density at radius 3 is 2.52 bits per heavy atom. The maximum Gasteiger partial charge on any atom is 0.417 e. The van der Waals surface area contributed by atoms with Crippen molar-refractivity contribution in [1.82, 2.24) is 9.88 Å². The van der Waals surface area contributed by atoms with Crippen LogP contribution in [-0.4, -0.2) is 54.8 Å². The largest absolute Gasteiger partial charge is 0.417 e. The van der Waals surface area contributed by atoms with Gasteiger partial charge in [-0.3, -0.25) is 4.79 Å². The Morgan fingerprint density at radius 2 is 1.94 bits per heavy atom. The number of alkyl halides is 3. The molecule has 3 rings (SSSR count). The summed E-state index contributed by atoms with van der Waals surface area (Å²) in [7, 11) is 0. The lowest BCUT2D eigenvalue weighted by molar-refractivity contribution is -0.138. The van der Waals surface area contributed by atoms with Gasteiger partial charge < -0.3 is 14.6 Å². The van der Waals surface area contributed by atoms with E-state index < -0.39 is 23.5 Å². The third-order valence-electron chi connectivity index (χ3n) is 4.92. The van der Waals surface area contributed by atoms with E-state index in [1.54, 1.807) is 4.90 Å². The number of hydrogen-bond donors (Lipinski definition) is 0. The molecule has 1 saturated heterocycles. The molecule has 1 aliphatic rings. The van der Waals surface area contributed by atoms with Crippen molar-refractivity contribution in [2.75, 3.05) is 37.7 Å². The first-order chi connectivity index (χ1) is 15.7. The zero-order valence-electron chi connectivity index (χ0n) is 17.1. The van der Waals surface area contributed by atoms with Crippen molar-refractivity contribution < 1.29 is 27.2 Å². The molecule has 174 valence electrons. The monoisotopic (exact) mass is 483 g/mol. The van der Waals surface area contributed by atoms with Crippen LogP contribution in [0.3, 0.4) is 0 Å². The SMILES string of the molecule is N#C[C@H](/C=N/OCC(=O)N1CCN(c2ncc(C(F)(F)F)cc2Cl)CC1)c1ccc(F)cc1. The second kappa shape index (κ2) is 10.5. The normalized spacial score (nSPS) is 15.4. The quantitative estimate of drug-likeness (QED) is 0.354. The summed E-state index contributed by atoms with van der Waals surface area (Å²) in [6, 6.07) is 8.19. The number of rotatable bonds is 6. The summed E-state index contributed by atoms with van der Waals surface area (Å²) >= 11 is 5.98. The number of aromatic nitrogens is 1. The second-order valence-corrected chi connectivity index (χ2v) is 7.49. The third-order valence-corrected chi connectivity index (χ3v) is 5.20. The maximum atomic E-state index is 13.0. The van der Waals surface area contributed by atoms with Crippen molar-refractivity contribution in [3.63, 3.8) is 0 Å². The molecule has 1 atom stereocenters. The van der Waals surface area contributed by atoms with Gasteiger partial charge in [0.15, 0.2) is 6.61 Å². The Hall–Kier alpha value is -3.39. The molecule has 0 unspecified atom stereocenters. The van der Waals surface area contributed by atoms with E-state index in [0.29, 0.717) is 31.7 Å². The number of oxime groups is 1. The molecular formula is C21H18ClF4N5O2. The Kier molecular flexibility index (Phi) is 7.71. The second-order valence-electron chi connectivity index (χ2n) is 7.08. The van der Waals surface area contributed by atoms with Crippen LogP contribution in [0.4, 0.5) is 23.4 Å². The number of anilines is 1. The summed E-state index contributed by atoms with van der Waals surface area (Å²) in [6.07, 6.45) is -2.59. The minimum atomic E-state index is -4.53. The molecule has 0 N–H and O–H groups in total. The standard InChI is InChI=1S/C21H18ClF4N5O2/c22-18-9-16(21(24,25)26)12-28-20(18)31-7-5-30(6-8-31)19(32)13-33-29-11-15(10-27)14-1-3-17(23)4-2-14/h1-4,9,11-12,15H,5-8,13H2/b29-11+/t15-/m1/s1. The van der Waals surface area contributed by atoms with Crippen LogP contribution in [0.1, 0.15) is 17.0 Å². The van der Waals surface area contributed by atoms with Gasteiger partial charge in [0.1, 0.15) is 17.6 Å². The lowest BCUT2D eigenvalue weighted by atomic mass is 10.0. The molecule has 1 aromatic carbocycles. The van der Waals surface area contributed by atoms with E-state index in [0.717, 1.165) is 12.3 Å². The minimum absolute atomic E-state index is 0.115. The fraction of sp³-hybridized carbons (Fsp3) is 0.333. The third kappa shape index (κ3) is 6.32. The number of nitrogens with zero attached hydrogens (tertiary/aromatic N) is 5. The van der Waals surface area contributed by atoms with Gasteiger partial charge in [-0.2, -0.15) is 18.4 Å². The van der Waals surface area contributed by atoms with Crippen molar-refractivity contribution >= 4 is 29.5 Å². The number of carbonyl (C=O) groups excluding carboxylic acids is 1. The highest BCUT2D eigenvalue weighted by Crippen LogP contribution is 2.33. The molecule has 2 heterocycles. The topological polar surface area (TPSA) is 81.8 Å². The van der Waals surface area contributed by atoms with Crippen LogP contribution in [-0.2, 0) is 15.8 Å². The van der Waals surface area contributed by atoms with Crippen molar-refractivity contribution in [3.8, 4) is 6.07 Å². The first kappa shape index (κ1) is 24.3. The van der Waals surface area contributed by atoms with Crippen molar-refractivity contribution in [2.24, 2.45) is 5.16 Å². The molecule has 0 bridgehead atoms. The zero-order valence-corrected chi connectivity index (χ0v) is 17.9. The lowest BCUT2D eigenvalue weighted by Crippen LogP contribution is -2.50. The highest BCUT2D eigenvalue weighted by Gasteiger charge is 2.32. The zero-order chi connectivity index (χ0) is 24.0. The summed E-state index contributed by atoms with van der Waals surface area (Å²) in [5.74, 6) is -1.30. The first-order valence-electron chi connectivity index (χ1n) is 9.75. The Morgan fingerprint density at radius 1 is 1.27 bits per heavy atom.